The summed E-state index contributed by atoms with van der Waals surface area (Å²) in [6.45, 7) is 7.24. The van der Waals surface area contributed by atoms with Crippen LogP contribution in [0.1, 0.15) is 78.6 Å². The van der Waals surface area contributed by atoms with Gasteiger partial charge in [0.2, 0.25) is 5.91 Å². The van der Waals surface area contributed by atoms with Gasteiger partial charge in [0.25, 0.3) is 0 Å². The Labute approximate surface area is 309 Å². The minimum absolute atomic E-state index is 0.0420. The van der Waals surface area contributed by atoms with Crippen LogP contribution in [0.5, 0.6) is 0 Å². The zero-order valence-corrected chi connectivity index (χ0v) is 31.8. The molecule has 5 heterocycles. The fourth-order valence-electron chi connectivity index (χ4n) is 11.2. The van der Waals surface area contributed by atoms with Crippen molar-refractivity contribution in [3.63, 3.8) is 0 Å². The normalized spacial score (nSPS) is 46.3. The number of aliphatic hydroxyl groups excluding tert-OH is 1. The Morgan fingerprint density at radius 1 is 1.18 bits per heavy atom. The standard InChI is InChI=1S/C39H55N3O7S2/c1-4-21(2)36(45)49-38(3)10-9-24-20-50-51-31-8-7-23-19-42(35(23)31)33(44)14-27-18-41-32(40)15-28(27)34(24)39(38)17-26-13-25-12-22(6-5-11-43)37(46)47-29(25)16-30(26)48-39/h4,7-9,22-23,25-32,34-35,41,43H,5-6,10-20,40H2,1-3H3. The molecule has 8 aliphatic rings. The van der Waals surface area contributed by atoms with Crippen LogP contribution >= 0.6 is 21.6 Å². The Hall–Kier alpha value is -1.83. The summed E-state index contributed by atoms with van der Waals surface area (Å²) < 4.78 is 20.4. The highest BCUT2D eigenvalue weighted by molar-refractivity contribution is 8.77. The maximum Gasteiger partial charge on any atom is 0.334 e. The lowest BCUT2D eigenvalue weighted by Gasteiger charge is -2.57. The van der Waals surface area contributed by atoms with Gasteiger partial charge in [-0.15, -0.1) is 0 Å². The zero-order chi connectivity index (χ0) is 35.7. The van der Waals surface area contributed by atoms with Crippen LogP contribution in [-0.4, -0.2) is 94.2 Å². The quantitative estimate of drug-likeness (QED) is 0.159. The molecule has 1 spiro atoms. The summed E-state index contributed by atoms with van der Waals surface area (Å²) in [5.41, 5.74) is 6.80. The Balaban J connectivity index is 1.18. The maximum absolute atomic E-state index is 14.1. The van der Waals surface area contributed by atoms with Crippen LogP contribution in [0.4, 0.5) is 0 Å². The molecular weight excluding hydrogens is 687 g/mol. The third-order valence-corrected chi connectivity index (χ3v) is 16.7. The molecule has 0 aromatic heterocycles. The Bertz CT molecular complexity index is 1500. The monoisotopic (exact) mass is 741 g/mol. The molecule has 5 saturated heterocycles. The number of nitrogens with zero attached hydrogens (tertiary/aromatic N) is 1. The fraction of sp³-hybridized carbons (Fsp3) is 0.769. The number of ether oxygens (including phenoxy) is 3. The van der Waals surface area contributed by atoms with Crippen molar-refractivity contribution >= 4 is 39.4 Å². The first kappa shape index (κ1) is 36.2. The Morgan fingerprint density at radius 2 is 2.02 bits per heavy atom. The van der Waals surface area contributed by atoms with Gasteiger partial charge in [-0.1, -0.05) is 51.5 Å². The molecule has 0 bridgehead atoms. The number of allylic oxidation sites excluding steroid dienone is 1. The molecule has 12 heteroatoms. The number of carbonyl (C=O) groups excluding carboxylic acids is 3. The minimum atomic E-state index is -0.965. The number of amides is 1. The van der Waals surface area contributed by atoms with Gasteiger partial charge in [0.15, 0.2) is 0 Å². The molecule has 3 aliphatic carbocycles. The van der Waals surface area contributed by atoms with Gasteiger partial charge in [-0.3, -0.25) is 9.59 Å². The molecule has 5 aliphatic heterocycles. The first-order chi connectivity index (χ1) is 24.5. The SMILES string of the molecule is CC=C(C)C(=O)OC1(C)CC=C2CSSC3C=CC4CN(C(=O)CC5CNC(N)CC5C2C12CC1CC5CC(CCCO)C(=O)OC5CC1O2)C43. The van der Waals surface area contributed by atoms with E-state index >= 15 is 0 Å². The summed E-state index contributed by atoms with van der Waals surface area (Å²) in [7, 11) is 3.75. The summed E-state index contributed by atoms with van der Waals surface area (Å²) in [4.78, 5) is 43.0. The van der Waals surface area contributed by atoms with Crippen molar-refractivity contribution in [3.8, 4) is 0 Å². The number of esters is 2. The van der Waals surface area contributed by atoms with Crippen LogP contribution in [0.25, 0.3) is 0 Å². The number of carbonyl (C=O) groups is 3. The summed E-state index contributed by atoms with van der Waals surface area (Å²) in [5.74, 6) is 1.25. The lowest BCUT2D eigenvalue weighted by molar-refractivity contribution is -0.229. The zero-order valence-electron chi connectivity index (χ0n) is 30.2. The van der Waals surface area contributed by atoms with Crippen LogP contribution in [0.2, 0.25) is 0 Å². The number of nitrogens with one attached hydrogen (secondary N) is 1. The van der Waals surface area contributed by atoms with E-state index in [1.807, 2.05) is 28.5 Å². The van der Waals surface area contributed by atoms with E-state index in [2.05, 4.69) is 35.4 Å². The van der Waals surface area contributed by atoms with Crippen LogP contribution < -0.4 is 11.1 Å². The van der Waals surface area contributed by atoms with E-state index in [1.54, 1.807) is 13.0 Å². The van der Waals surface area contributed by atoms with E-state index in [0.717, 1.165) is 31.6 Å². The molecule has 0 aromatic rings. The Morgan fingerprint density at radius 3 is 2.82 bits per heavy atom. The molecule has 280 valence electrons. The van der Waals surface area contributed by atoms with E-state index in [1.165, 1.54) is 5.57 Å². The third-order valence-electron chi connectivity index (χ3n) is 14.0. The molecular formula is C39H55N3O7S2. The highest BCUT2D eigenvalue weighted by Gasteiger charge is 2.68. The summed E-state index contributed by atoms with van der Waals surface area (Å²) >= 11 is 0. The van der Waals surface area contributed by atoms with Crippen molar-refractivity contribution in [2.24, 2.45) is 47.2 Å². The van der Waals surface area contributed by atoms with Gasteiger partial charge in [0.1, 0.15) is 17.3 Å². The van der Waals surface area contributed by atoms with Crippen LogP contribution in [0.15, 0.2) is 35.5 Å². The van der Waals surface area contributed by atoms with Crippen molar-refractivity contribution in [3.05, 3.63) is 35.5 Å². The predicted molar refractivity (Wildman–Crippen MR) is 197 cm³/mol. The second kappa shape index (κ2) is 14.1. The Kier molecular flexibility index (Phi) is 10.0. The summed E-state index contributed by atoms with van der Waals surface area (Å²) in [5, 5.41) is 13.2. The van der Waals surface area contributed by atoms with Gasteiger partial charge in [-0.2, -0.15) is 0 Å². The van der Waals surface area contributed by atoms with E-state index in [4.69, 9.17) is 19.9 Å². The van der Waals surface area contributed by atoms with Crippen LogP contribution in [-0.2, 0) is 28.6 Å². The highest BCUT2D eigenvalue weighted by Crippen LogP contribution is 2.62. The van der Waals surface area contributed by atoms with Crippen molar-refractivity contribution < 1.29 is 33.7 Å². The first-order valence-corrected chi connectivity index (χ1v) is 21.7. The number of rotatable bonds is 5. The maximum atomic E-state index is 14.1. The van der Waals surface area contributed by atoms with Gasteiger partial charge in [0.05, 0.1) is 29.5 Å². The van der Waals surface area contributed by atoms with Gasteiger partial charge in [0, 0.05) is 62.1 Å². The average molecular weight is 742 g/mol. The number of aliphatic hydroxyl groups is 1. The topological polar surface area (TPSA) is 140 Å². The van der Waals surface area contributed by atoms with Crippen LogP contribution in [0.3, 0.4) is 0 Å². The largest absolute Gasteiger partial charge is 0.462 e. The molecule has 1 amide bonds. The molecule has 14 atom stereocenters. The number of nitrogens with two attached hydrogens (primary N) is 1. The molecule has 14 unspecified atom stereocenters. The van der Waals surface area contributed by atoms with Crippen molar-refractivity contribution in [2.45, 2.75) is 119 Å². The van der Waals surface area contributed by atoms with Crippen LogP contribution in [0, 0.1) is 41.4 Å². The first-order valence-electron chi connectivity index (χ1n) is 19.3. The molecule has 0 radical (unpaired) electrons. The van der Waals surface area contributed by atoms with Crippen molar-refractivity contribution in [1.82, 2.24) is 10.2 Å². The molecule has 4 N–H and O–H groups in total. The lowest BCUT2D eigenvalue weighted by Crippen LogP contribution is -2.66. The highest BCUT2D eigenvalue weighted by atomic mass is 33.1. The molecule has 8 rings (SSSR count). The molecule has 6 fully saturated rings. The fourth-order valence-corrected chi connectivity index (χ4v) is 14.1. The van der Waals surface area contributed by atoms with Gasteiger partial charge >= 0.3 is 11.9 Å². The van der Waals surface area contributed by atoms with E-state index in [0.29, 0.717) is 56.6 Å². The summed E-state index contributed by atoms with van der Waals surface area (Å²) in [6.07, 6.45) is 14.1. The third kappa shape index (κ3) is 6.25. The van der Waals surface area contributed by atoms with E-state index in [-0.39, 0.29) is 89.6 Å². The predicted octanol–water partition coefficient (Wildman–Crippen LogP) is 4.52. The van der Waals surface area contributed by atoms with Crippen molar-refractivity contribution in [1.29, 1.82) is 0 Å². The smallest absolute Gasteiger partial charge is 0.334 e. The second-order valence-electron chi connectivity index (χ2n) is 16.9. The van der Waals surface area contributed by atoms with E-state index in [9.17, 15) is 19.5 Å². The molecule has 0 aromatic carbocycles. The molecule has 10 nitrogen and oxygen atoms in total. The van der Waals surface area contributed by atoms with Crippen molar-refractivity contribution in [2.75, 3.05) is 25.4 Å². The lowest BCUT2D eigenvalue weighted by atomic mass is 9.56. The number of hydrogen-bond donors (Lipinski definition) is 3. The van der Waals surface area contributed by atoms with E-state index < -0.39 is 11.2 Å². The van der Waals surface area contributed by atoms with Gasteiger partial charge in [-0.25, -0.2) is 4.79 Å². The number of hydrogen-bond acceptors (Lipinski definition) is 11. The molecule has 51 heavy (non-hydrogen) atoms. The number of piperidine rings is 1. The second-order valence-corrected chi connectivity index (χ2v) is 19.4. The summed E-state index contributed by atoms with van der Waals surface area (Å²) in [6, 6.07) is 0.244. The number of fused-ring (bicyclic) bond motifs is 6. The van der Waals surface area contributed by atoms with Gasteiger partial charge < -0.3 is 35.3 Å². The minimum Gasteiger partial charge on any atom is -0.462 e. The average Bonchev–Trinajstić information content (AvgIpc) is 3.61. The molecule has 1 saturated carbocycles. The van der Waals surface area contributed by atoms with Gasteiger partial charge in [-0.05, 0) is 83.0 Å².